The highest BCUT2D eigenvalue weighted by molar-refractivity contribution is 6.30. The van der Waals surface area contributed by atoms with Crippen LogP contribution in [0.4, 0.5) is 10.5 Å². The van der Waals surface area contributed by atoms with Crippen LogP contribution in [0.15, 0.2) is 24.3 Å². The van der Waals surface area contributed by atoms with Crippen molar-refractivity contribution in [1.29, 1.82) is 0 Å². The fourth-order valence-electron chi connectivity index (χ4n) is 3.62. The number of nitrogens with one attached hydrogen (secondary N) is 1. The van der Waals surface area contributed by atoms with Gasteiger partial charge in [-0.3, -0.25) is 4.79 Å². The smallest absolute Gasteiger partial charge is 0.317 e. The van der Waals surface area contributed by atoms with Gasteiger partial charge in [-0.15, -0.1) is 0 Å². The molecule has 0 saturated carbocycles. The highest BCUT2D eigenvalue weighted by atomic mass is 35.5. The van der Waals surface area contributed by atoms with E-state index < -0.39 is 0 Å². The van der Waals surface area contributed by atoms with Crippen molar-refractivity contribution in [1.82, 2.24) is 10.2 Å². The van der Waals surface area contributed by atoms with Gasteiger partial charge in [0.25, 0.3) is 0 Å². The molecule has 24 heavy (non-hydrogen) atoms. The molecular formula is C18H24ClN3O2. The summed E-state index contributed by atoms with van der Waals surface area (Å²) in [7, 11) is 0. The first kappa shape index (κ1) is 17.1. The van der Waals surface area contributed by atoms with E-state index in [4.69, 9.17) is 11.6 Å². The van der Waals surface area contributed by atoms with Crippen molar-refractivity contribution in [2.45, 2.75) is 51.1 Å². The van der Waals surface area contributed by atoms with Gasteiger partial charge in [0.15, 0.2) is 0 Å². The van der Waals surface area contributed by atoms with E-state index in [-0.39, 0.29) is 18.0 Å². The molecule has 2 saturated heterocycles. The molecular weight excluding hydrogens is 326 g/mol. The van der Waals surface area contributed by atoms with Crippen LogP contribution in [0.25, 0.3) is 0 Å². The van der Waals surface area contributed by atoms with Gasteiger partial charge in [0.05, 0.1) is 6.04 Å². The minimum absolute atomic E-state index is 0.0303. The third-order valence-electron chi connectivity index (χ3n) is 4.95. The molecule has 6 heteroatoms. The third kappa shape index (κ3) is 3.66. The molecule has 1 N–H and O–H groups in total. The first-order chi connectivity index (χ1) is 11.6. The van der Waals surface area contributed by atoms with E-state index in [1.807, 2.05) is 17.0 Å². The van der Waals surface area contributed by atoms with Crippen molar-refractivity contribution in [2.75, 3.05) is 18.0 Å². The van der Waals surface area contributed by atoms with E-state index in [0.29, 0.717) is 24.0 Å². The molecule has 0 aliphatic carbocycles. The number of halogens is 1. The molecule has 0 bridgehead atoms. The number of hydrogen-bond donors (Lipinski definition) is 1. The summed E-state index contributed by atoms with van der Waals surface area (Å²) in [6, 6.07) is 7.37. The monoisotopic (exact) mass is 349 g/mol. The largest absolute Gasteiger partial charge is 0.333 e. The molecule has 5 nitrogen and oxygen atoms in total. The second-order valence-electron chi connectivity index (χ2n) is 6.58. The lowest BCUT2D eigenvalue weighted by molar-refractivity contribution is -0.117. The minimum Gasteiger partial charge on any atom is -0.333 e. The average Bonchev–Trinajstić information content (AvgIpc) is 2.95. The zero-order valence-electron chi connectivity index (χ0n) is 14.0. The Labute approximate surface area is 147 Å². The molecule has 1 aromatic carbocycles. The van der Waals surface area contributed by atoms with Crippen molar-refractivity contribution in [3.8, 4) is 0 Å². The van der Waals surface area contributed by atoms with Gasteiger partial charge in [0, 0.05) is 36.3 Å². The Morgan fingerprint density at radius 3 is 2.75 bits per heavy atom. The molecule has 2 aliphatic heterocycles. The lowest BCUT2D eigenvalue weighted by Gasteiger charge is -2.35. The molecule has 3 amide bonds. The van der Waals surface area contributed by atoms with E-state index in [1.54, 1.807) is 17.0 Å². The summed E-state index contributed by atoms with van der Waals surface area (Å²) in [4.78, 5) is 28.5. The summed E-state index contributed by atoms with van der Waals surface area (Å²) in [5, 5.41) is 3.70. The minimum atomic E-state index is -0.139. The van der Waals surface area contributed by atoms with Crippen LogP contribution < -0.4 is 10.2 Å². The van der Waals surface area contributed by atoms with Crippen LogP contribution in [0, 0.1) is 0 Å². The Balaban J connectivity index is 1.61. The van der Waals surface area contributed by atoms with Crippen LogP contribution in [-0.4, -0.2) is 42.0 Å². The Kier molecular flexibility index (Phi) is 5.29. The second-order valence-corrected chi connectivity index (χ2v) is 7.02. The Morgan fingerprint density at radius 1 is 1.29 bits per heavy atom. The quantitative estimate of drug-likeness (QED) is 0.909. The standard InChI is InChI=1S/C18H24ClN3O2/c1-2-15-5-3-4-10-21(15)18(24)20-14-11-17(23)22(12-14)16-8-6-13(19)7-9-16/h6-9,14-15H,2-5,10-12H2,1H3,(H,20,24)/t14-,15-/m0/s1. The average molecular weight is 350 g/mol. The van der Waals surface area contributed by atoms with Gasteiger partial charge in [-0.05, 0) is 49.9 Å². The van der Waals surface area contributed by atoms with E-state index in [1.165, 1.54) is 6.42 Å². The molecule has 3 rings (SSSR count). The van der Waals surface area contributed by atoms with Gasteiger partial charge < -0.3 is 15.1 Å². The normalized spacial score (nSPS) is 24.3. The van der Waals surface area contributed by atoms with E-state index in [0.717, 1.165) is 31.5 Å². The van der Waals surface area contributed by atoms with E-state index >= 15 is 0 Å². The highest BCUT2D eigenvalue weighted by Crippen LogP contribution is 2.24. The van der Waals surface area contributed by atoms with Gasteiger partial charge in [0.2, 0.25) is 5.91 Å². The molecule has 0 spiro atoms. The predicted octanol–water partition coefficient (Wildman–Crippen LogP) is 3.42. The summed E-state index contributed by atoms with van der Waals surface area (Å²) in [5.41, 5.74) is 0.825. The van der Waals surface area contributed by atoms with Crippen molar-refractivity contribution < 1.29 is 9.59 Å². The fraction of sp³-hybridized carbons (Fsp3) is 0.556. The maximum Gasteiger partial charge on any atom is 0.317 e. The van der Waals surface area contributed by atoms with Crippen LogP contribution in [-0.2, 0) is 4.79 Å². The zero-order chi connectivity index (χ0) is 17.1. The summed E-state index contributed by atoms with van der Waals surface area (Å²) in [6.07, 6.45) is 4.65. The number of rotatable bonds is 3. The third-order valence-corrected chi connectivity index (χ3v) is 5.20. The highest BCUT2D eigenvalue weighted by Gasteiger charge is 2.34. The molecule has 0 unspecified atom stereocenters. The number of piperidine rings is 1. The zero-order valence-corrected chi connectivity index (χ0v) is 14.8. The van der Waals surface area contributed by atoms with Crippen LogP contribution in [0.1, 0.15) is 39.0 Å². The van der Waals surface area contributed by atoms with Gasteiger partial charge in [-0.25, -0.2) is 4.79 Å². The summed E-state index contributed by atoms with van der Waals surface area (Å²) in [6.45, 7) is 3.44. The van der Waals surface area contributed by atoms with Gasteiger partial charge >= 0.3 is 6.03 Å². The molecule has 1 aromatic rings. The lowest BCUT2D eigenvalue weighted by atomic mass is 10.0. The van der Waals surface area contributed by atoms with Crippen LogP contribution >= 0.6 is 11.6 Å². The number of benzene rings is 1. The predicted molar refractivity (Wildman–Crippen MR) is 95.4 cm³/mol. The topological polar surface area (TPSA) is 52.7 Å². The molecule has 2 atom stereocenters. The molecule has 2 fully saturated rings. The first-order valence-corrected chi connectivity index (χ1v) is 9.09. The molecule has 2 heterocycles. The van der Waals surface area contributed by atoms with Crippen LogP contribution in [0.3, 0.4) is 0 Å². The van der Waals surface area contributed by atoms with Crippen molar-refractivity contribution in [2.24, 2.45) is 0 Å². The number of amides is 3. The maximum atomic E-state index is 12.6. The van der Waals surface area contributed by atoms with Crippen LogP contribution in [0.5, 0.6) is 0 Å². The Hall–Kier alpha value is -1.75. The Bertz CT molecular complexity index is 605. The van der Waals surface area contributed by atoms with Gasteiger partial charge in [0.1, 0.15) is 0 Å². The first-order valence-electron chi connectivity index (χ1n) is 8.71. The SMILES string of the molecule is CC[C@H]1CCCCN1C(=O)N[C@H]1CC(=O)N(c2ccc(Cl)cc2)C1. The second kappa shape index (κ2) is 7.43. The molecule has 0 aromatic heterocycles. The van der Waals surface area contributed by atoms with Gasteiger partial charge in [-0.2, -0.15) is 0 Å². The van der Waals surface area contributed by atoms with Gasteiger partial charge in [-0.1, -0.05) is 18.5 Å². The van der Waals surface area contributed by atoms with E-state index in [9.17, 15) is 9.59 Å². The van der Waals surface area contributed by atoms with Crippen LogP contribution in [0.2, 0.25) is 5.02 Å². The van der Waals surface area contributed by atoms with E-state index in [2.05, 4.69) is 12.2 Å². The van der Waals surface area contributed by atoms with Crippen molar-refractivity contribution in [3.63, 3.8) is 0 Å². The lowest BCUT2D eigenvalue weighted by Crippen LogP contribution is -2.51. The number of carbonyl (C=O) groups is 2. The number of nitrogens with zero attached hydrogens (tertiary/aromatic N) is 2. The summed E-state index contributed by atoms with van der Waals surface area (Å²) < 4.78 is 0. The number of anilines is 1. The number of likely N-dealkylation sites (tertiary alicyclic amines) is 1. The van der Waals surface area contributed by atoms with Crippen molar-refractivity contribution in [3.05, 3.63) is 29.3 Å². The molecule has 0 radical (unpaired) electrons. The van der Waals surface area contributed by atoms with Crippen molar-refractivity contribution >= 4 is 29.2 Å². The fourth-order valence-corrected chi connectivity index (χ4v) is 3.75. The number of hydrogen-bond acceptors (Lipinski definition) is 2. The summed E-state index contributed by atoms with van der Waals surface area (Å²) in [5.74, 6) is 0.0355. The number of carbonyl (C=O) groups excluding carboxylic acids is 2. The summed E-state index contributed by atoms with van der Waals surface area (Å²) >= 11 is 5.90. The maximum absolute atomic E-state index is 12.6. The Morgan fingerprint density at radius 2 is 2.04 bits per heavy atom. The number of urea groups is 1. The molecule has 2 aliphatic rings. The molecule has 130 valence electrons.